The first-order chi connectivity index (χ1) is 13.7. The van der Waals surface area contributed by atoms with Gasteiger partial charge in [-0.2, -0.15) is 0 Å². The smallest absolute Gasteiger partial charge is 0.326 e. The zero-order valence-corrected chi connectivity index (χ0v) is 16.8. The molecule has 1 heterocycles. The van der Waals surface area contributed by atoms with Crippen molar-refractivity contribution in [2.24, 2.45) is 0 Å². The number of anilines is 3. The Kier molecular flexibility index (Phi) is 6.10. The summed E-state index contributed by atoms with van der Waals surface area (Å²) in [6, 6.07) is 8.85. The molecule has 0 aromatic heterocycles. The Bertz CT molecular complexity index is 1040. The third-order valence-electron chi connectivity index (χ3n) is 4.18. The normalized spacial score (nSPS) is 16.5. The molecule has 0 saturated heterocycles. The van der Waals surface area contributed by atoms with Crippen molar-refractivity contribution in [1.82, 2.24) is 0 Å². The van der Waals surface area contributed by atoms with Gasteiger partial charge in [0, 0.05) is 47.1 Å². The summed E-state index contributed by atoms with van der Waals surface area (Å²) in [5, 5.41) is 18.3. The molecule has 2 aromatic carbocycles. The molecule has 4 N–H and O–H groups in total. The molecule has 0 saturated carbocycles. The van der Waals surface area contributed by atoms with Gasteiger partial charge in [-0.25, -0.2) is 4.79 Å². The fourth-order valence-electron chi connectivity index (χ4n) is 3.07. The number of fused-ring (bicyclic) bond motifs is 1. The van der Waals surface area contributed by atoms with E-state index in [1.165, 1.54) is 19.1 Å². The van der Waals surface area contributed by atoms with Crippen LogP contribution >= 0.6 is 23.2 Å². The van der Waals surface area contributed by atoms with Crippen molar-refractivity contribution in [3.8, 4) is 0 Å². The Morgan fingerprint density at radius 2 is 1.83 bits per heavy atom. The summed E-state index contributed by atoms with van der Waals surface area (Å²) in [5.74, 6) is -1.74. The highest BCUT2D eigenvalue weighted by molar-refractivity contribution is 6.36. The van der Waals surface area contributed by atoms with Crippen molar-refractivity contribution >= 4 is 63.6 Å². The summed E-state index contributed by atoms with van der Waals surface area (Å²) in [7, 11) is 0. The van der Waals surface area contributed by atoms with Gasteiger partial charge in [-0.05, 0) is 35.9 Å². The minimum Gasteiger partial charge on any atom is -0.480 e. The average molecular weight is 434 g/mol. The van der Waals surface area contributed by atoms with Gasteiger partial charge in [0.05, 0.1) is 5.02 Å². The van der Waals surface area contributed by atoms with Gasteiger partial charge in [-0.15, -0.1) is 0 Å². The number of amides is 2. The van der Waals surface area contributed by atoms with E-state index in [2.05, 4.69) is 16.0 Å². The standard InChI is InChI=1S/C20H17Cl2N3O4/c1-10(26)23-13-3-2-4-14(9-13)24-18(27)6-11-5-17(20(28)29)25-16-8-12(21)7-15(22)19(11)16/h2-4,6-9,17,25H,5H2,1H3,(H,23,26)(H,24,27)(H,28,29)/b11-6-. The number of halogens is 2. The molecule has 0 fully saturated rings. The van der Waals surface area contributed by atoms with Gasteiger partial charge in [-0.1, -0.05) is 29.3 Å². The van der Waals surface area contributed by atoms with Crippen molar-refractivity contribution in [1.29, 1.82) is 0 Å². The van der Waals surface area contributed by atoms with Crippen LogP contribution in [0, 0.1) is 0 Å². The number of hydrogen-bond donors (Lipinski definition) is 4. The average Bonchev–Trinajstić information content (AvgIpc) is 2.60. The number of carbonyl (C=O) groups is 3. The Balaban J connectivity index is 1.90. The van der Waals surface area contributed by atoms with E-state index in [1.807, 2.05) is 0 Å². The Labute approximate surface area is 176 Å². The zero-order valence-electron chi connectivity index (χ0n) is 15.3. The molecule has 1 aliphatic heterocycles. The number of aliphatic carboxylic acids is 1. The third-order valence-corrected chi connectivity index (χ3v) is 4.70. The van der Waals surface area contributed by atoms with Crippen molar-refractivity contribution in [3.63, 3.8) is 0 Å². The second-order valence-electron chi connectivity index (χ2n) is 6.47. The van der Waals surface area contributed by atoms with Crippen molar-refractivity contribution < 1.29 is 19.5 Å². The largest absolute Gasteiger partial charge is 0.480 e. The molecule has 0 bridgehead atoms. The van der Waals surface area contributed by atoms with Crippen molar-refractivity contribution in [2.75, 3.05) is 16.0 Å². The van der Waals surface area contributed by atoms with Crippen LogP contribution in [0.2, 0.25) is 10.0 Å². The highest BCUT2D eigenvalue weighted by Crippen LogP contribution is 2.40. The summed E-state index contributed by atoms with van der Waals surface area (Å²) >= 11 is 12.3. The van der Waals surface area contributed by atoms with E-state index >= 15 is 0 Å². The molecule has 29 heavy (non-hydrogen) atoms. The second-order valence-corrected chi connectivity index (χ2v) is 7.31. The number of nitrogens with one attached hydrogen (secondary N) is 3. The van der Waals surface area contributed by atoms with Gasteiger partial charge < -0.3 is 21.1 Å². The molecule has 3 rings (SSSR count). The van der Waals surface area contributed by atoms with Gasteiger partial charge in [0.2, 0.25) is 11.8 Å². The van der Waals surface area contributed by atoms with Crippen molar-refractivity contribution in [3.05, 3.63) is 58.1 Å². The van der Waals surface area contributed by atoms with Gasteiger partial charge in [0.15, 0.2) is 0 Å². The van der Waals surface area contributed by atoms with Crippen LogP contribution in [0.25, 0.3) is 5.57 Å². The molecule has 1 unspecified atom stereocenters. The summed E-state index contributed by atoms with van der Waals surface area (Å²) in [6.07, 6.45) is 1.39. The van der Waals surface area contributed by atoms with Crippen LogP contribution < -0.4 is 16.0 Å². The summed E-state index contributed by atoms with van der Waals surface area (Å²) < 4.78 is 0. The fourth-order valence-corrected chi connectivity index (χ4v) is 3.68. The number of rotatable bonds is 4. The molecule has 0 radical (unpaired) electrons. The van der Waals surface area contributed by atoms with Crippen LogP contribution in [0.1, 0.15) is 18.9 Å². The lowest BCUT2D eigenvalue weighted by Crippen LogP contribution is -2.33. The lowest BCUT2D eigenvalue weighted by molar-refractivity contribution is -0.137. The van der Waals surface area contributed by atoms with Crippen LogP contribution in [-0.4, -0.2) is 28.9 Å². The lowest BCUT2D eigenvalue weighted by atomic mass is 9.92. The minimum absolute atomic E-state index is 0.0725. The summed E-state index contributed by atoms with van der Waals surface area (Å²) in [5.41, 5.74) is 2.48. The molecule has 2 amide bonds. The first kappa shape index (κ1) is 20.7. The molecule has 1 atom stereocenters. The molecular weight excluding hydrogens is 417 g/mol. The van der Waals surface area contributed by atoms with Gasteiger partial charge >= 0.3 is 5.97 Å². The van der Waals surface area contributed by atoms with Gasteiger partial charge in [0.25, 0.3) is 0 Å². The molecule has 2 aromatic rings. The molecule has 0 aliphatic carbocycles. The predicted octanol–water partition coefficient (Wildman–Crippen LogP) is 4.24. The van der Waals surface area contributed by atoms with E-state index in [9.17, 15) is 19.5 Å². The minimum atomic E-state index is -1.05. The highest BCUT2D eigenvalue weighted by atomic mass is 35.5. The quantitative estimate of drug-likeness (QED) is 0.539. The topological polar surface area (TPSA) is 108 Å². The maximum absolute atomic E-state index is 12.6. The molecule has 1 aliphatic rings. The zero-order chi connectivity index (χ0) is 21.1. The number of benzene rings is 2. The third kappa shape index (κ3) is 5.07. The molecule has 0 spiro atoms. The fraction of sp³-hybridized carbons (Fsp3) is 0.150. The van der Waals surface area contributed by atoms with E-state index in [0.29, 0.717) is 38.2 Å². The molecule has 9 heteroatoms. The number of hydrogen-bond acceptors (Lipinski definition) is 4. The van der Waals surface area contributed by atoms with E-state index in [4.69, 9.17) is 23.2 Å². The molecular formula is C20H17Cl2N3O4. The summed E-state index contributed by atoms with van der Waals surface area (Å²) in [6.45, 7) is 1.39. The van der Waals surface area contributed by atoms with E-state index in [1.54, 1.807) is 30.3 Å². The first-order valence-corrected chi connectivity index (χ1v) is 9.36. The predicted molar refractivity (Wildman–Crippen MR) is 113 cm³/mol. The second kappa shape index (κ2) is 8.55. The number of carbonyl (C=O) groups excluding carboxylic acids is 2. The van der Waals surface area contributed by atoms with E-state index in [-0.39, 0.29) is 12.3 Å². The monoisotopic (exact) mass is 433 g/mol. The maximum Gasteiger partial charge on any atom is 0.326 e. The van der Waals surface area contributed by atoms with E-state index < -0.39 is 17.9 Å². The highest BCUT2D eigenvalue weighted by Gasteiger charge is 2.29. The Morgan fingerprint density at radius 3 is 2.48 bits per heavy atom. The number of carboxylic acids is 1. The number of carboxylic acid groups (broad SMARTS) is 1. The molecule has 150 valence electrons. The molecule has 7 nitrogen and oxygen atoms in total. The van der Waals surface area contributed by atoms with Crippen LogP contribution in [0.3, 0.4) is 0 Å². The lowest BCUT2D eigenvalue weighted by Gasteiger charge is -2.27. The van der Waals surface area contributed by atoms with Gasteiger partial charge in [0.1, 0.15) is 6.04 Å². The van der Waals surface area contributed by atoms with Crippen LogP contribution in [0.4, 0.5) is 17.1 Å². The van der Waals surface area contributed by atoms with Crippen LogP contribution in [-0.2, 0) is 14.4 Å². The maximum atomic E-state index is 12.6. The van der Waals surface area contributed by atoms with Crippen molar-refractivity contribution in [2.45, 2.75) is 19.4 Å². The first-order valence-electron chi connectivity index (χ1n) is 8.61. The van der Waals surface area contributed by atoms with Crippen LogP contribution in [0.15, 0.2) is 42.5 Å². The van der Waals surface area contributed by atoms with E-state index in [0.717, 1.165) is 0 Å². The van der Waals surface area contributed by atoms with Crippen LogP contribution in [0.5, 0.6) is 0 Å². The Hall–Kier alpha value is -3.03. The van der Waals surface area contributed by atoms with Gasteiger partial charge in [-0.3, -0.25) is 9.59 Å². The SMILES string of the molecule is CC(=O)Nc1cccc(NC(=O)/C=C2/CC(C(=O)O)Nc3cc(Cl)cc(Cl)c32)c1. The Morgan fingerprint density at radius 1 is 1.14 bits per heavy atom. The summed E-state index contributed by atoms with van der Waals surface area (Å²) in [4.78, 5) is 35.2.